The first-order chi connectivity index (χ1) is 10.6. The van der Waals surface area contributed by atoms with Crippen molar-refractivity contribution in [3.05, 3.63) is 57.2 Å². The molecule has 3 aromatic rings. The molecule has 2 N–H and O–H groups in total. The van der Waals surface area contributed by atoms with Crippen molar-refractivity contribution >= 4 is 34.4 Å². The van der Waals surface area contributed by atoms with Crippen LogP contribution in [0, 0.1) is 10.5 Å². The number of amides is 1. The minimum atomic E-state index is -0.310. The molecule has 112 valence electrons. The van der Waals surface area contributed by atoms with Crippen molar-refractivity contribution in [2.45, 2.75) is 13.5 Å². The Balaban J connectivity index is 1.67. The van der Waals surface area contributed by atoms with Gasteiger partial charge < -0.3 is 0 Å². The summed E-state index contributed by atoms with van der Waals surface area (Å²) in [7, 11) is 0. The fourth-order valence-corrected chi connectivity index (χ4v) is 2.41. The highest BCUT2D eigenvalue weighted by Gasteiger charge is 2.14. The van der Waals surface area contributed by atoms with Gasteiger partial charge in [-0.25, -0.2) is 9.67 Å². The van der Waals surface area contributed by atoms with E-state index in [1.165, 1.54) is 5.56 Å². The van der Waals surface area contributed by atoms with E-state index in [1.807, 2.05) is 41.6 Å². The second-order valence-corrected chi connectivity index (χ2v) is 5.96. The number of aryl methyl sites for hydroxylation is 1. The van der Waals surface area contributed by atoms with Crippen molar-refractivity contribution in [3.8, 4) is 0 Å². The summed E-state index contributed by atoms with van der Waals surface area (Å²) in [5.74, 6) is -0.0440. The number of H-pyrrole nitrogens is 1. The second-order valence-electron chi connectivity index (χ2n) is 4.80. The van der Waals surface area contributed by atoms with Crippen LogP contribution in [0.2, 0.25) is 0 Å². The van der Waals surface area contributed by atoms with E-state index in [1.54, 1.807) is 17.2 Å². The lowest BCUT2D eigenvalue weighted by atomic mass is 10.1. The Hall–Kier alpha value is -2.23. The van der Waals surface area contributed by atoms with E-state index < -0.39 is 0 Å². The summed E-state index contributed by atoms with van der Waals surface area (Å²) in [5, 5.41) is 13.3. The van der Waals surface area contributed by atoms with Gasteiger partial charge >= 0.3 is 0 Å². The summed E-state index contributed by atoms with van der Waals surface area (Å²) >= 11 is 2.04. The van der Waals surface area contributed by atoms with Gasteiger partial charge in [0.25, 0.3) is 5.91 Å². The Morgan fingerprint density at radius 3 is 2.82 bits per heavy atom. The number of aromatic amines is 1. The van der Waals surface area contributed by atoms with Gasteiger partial charge in [-0.2, -0.15) is 5.10 Å². The van der Waals surface area contributed by atoms with Crippen LogP contribution in [0.1, 0.15) is 21.6 Å². The third-order valence-corrected chi connectivity index (χ3v) is 3.87. The van der Waals surface area contributed by atoms with Crippen LogP contribution >= 0.6 is 22.6 Å². The van der Waals surface area contributed by atoms with Crippen LogP contribution in [-0.4, -0.2) is 30.9 Å². The molecule has 1 aromatic carbocycles. The molecule has 0 unspecified atom stereocenters. The molecule has 0 aliphatic heterocycles. The number of nitrogens with one attached hydrogen (secondary N) is 2. The molecule has 0 aliphatic rings. The standard InChI is InChI=1S/C14H13IN6O/c1-9-2-4-10(5-3-9)7-21-8-16-14(20-21)18-13(22)12-11(15)6-17-19-12/h2-6,8H,7H2,1H3,(H,17,19)(H,18,20,22). The highest BCUT2D eigenvalue weighted by Crippen LogP contribution is 2.10. The maximum atomic E-state index is 12.0. The Kier molecular flexibility index (Phi) is 4.18. The molecule has 0 radical (unpaired) electrons. The predicted octanol–water partition coefficient (Wildman–Crippen LogP) is 2.21. The van der Waals surface area contributed by atoms with E-state index in [0.717, 1.165) is 9.13 Å². The van der Waals surface area contributed by atoms with Crippen LogP contribution in [-0.2, 0) is 6.54 Å². The third-order valence-electron chi connectivity index (χ3n) is 3.05. The number of nitrogens with zero attached hydrogens (tertiary/aromatic N) is 4. The molecule has 3 rings (SSSR count). The first-order valence-electron chi connectivity index (χ1n) is 6.57. The second kappa shape index (κ2) is 6.26. The smallest absolute Gasteiger partial charge is 0.277 e. The topological polar surface area (TPSA) is 88.5 Å². The average molecular weight is 408 g/mol. The van der Waals surface area contributed by atoms with Crippen molar-refractivity contribution in [1.82, 2.24) is 25.0 Å². The van der Waals surface area contributed by atoms with E-state index in [0.29, 0.717) is 12.2 Å². The summed E-state index contributed by atoms with van der Waals surface area (Å²) in [6.45, 7) is 2.65. The molecule has 0 atom stereocenters. The SMILES string of the molecule is Cc1ccc(Cn2cnc(NC(=O)c3[nH]ncc3I)n2)cc1. The molecular formula is C14H13IN6O. The fraction of sp³-hybridized carbons (Fsp3) is 0.143. The van der Waals surface area contributed by atoms with Gasteiger partial charge in [-0.3, -0.25) is 15.2 Å². The molecule has 0 saturated heterocycles. The molecule has 2 aromatic heterocycles. The van der Waals surface area contributed by atoms with Gasteiger partial charge in [0, 0.05) is 0 Å². The number of hydrogen-bond donors (Lipinski definition) is 2. The Morgan fingerprint density at radius 2 is 2.14 bits per heavy atom. The molecule has 7 nitrogen and oxygen atoms in total. The quantitative estimate of drug-likeness (QED) is 0.648. The number of carbonyl (C=O) groups is 1. The van der Waals surface area contributed by atoms with Crippen LogP contribution in [0.15, 0.2) is 36.8 Å². The highest BCUT2D eigenvalue weighted by molar-refractivity contribution is 14.1. The van der Waals surface area contributed by atoms with E-state index in [-0.39, 0.29) is 11.9 Å². The van der Waals surface area contributed by atoms with Crippen LogP contribution in [0.25, 0.3) is 0 Å². The molecule has 0 spiro atoms. The Morgan fingerprint density at radius 1 is 1.36 bits per heavy atom. The number of aromatic nitrogens is 5. The largest absolute Gasteiger partial charge is 0.288 e. The molecule has 0 bridgehead atoms. The van der Waals surface area contributed by atoms with Crippen LogP contribution in [0.3, 0.4) is 0 Å². The highest BCUT2D eigenvalue weighted by atomic mass is 127. The molecule has 8 heteroatoms. The monoisotopic (exact) mass is 408 g/mol. The van der Waals surface area contributed by atoms with E-state index in [4.69, 9.17) is 0 Å². The fourth-order valence-electron chi connectivity index (χ4n) is 1.90. The number of benzene rings is 1. The zero-order valence-corrected chi connectivity index (χ0v) is 13.9. The average Bonchev–Trinajstić information content (AvgIpc) is 3.10. The molecule has 0 fully saturated rings. The van der Waals surface area contributed by atoms with Gasteiger partial charge in [0.1, 0.15) is 12.0 Å². The summed E-state index contributed by atoms with van der Waals surface area (Å²) in [5.41, 5.74) is 2.73. The van der Waals surface area contributed by atoms with Gasteiger partial charge in [-0.05, 0) is 35.1 Å². The number of rotatable bonds is 4. The van der Waals surface area contributed by atoms with Crippen LogP contribution in [0.4, 0.5) is 5.95 Å². The lowest BCUT2D eigenvalue weighted by Gasteiger charge is -2.02. The molecule has 0 aliphatic carbocycles. The number of anilines is 1. The molecule has 22 heavy (non-hydrogen) atoms. The Labute approximate surface area is 140 Å². The summed E-state index contributed by atoms with van der Waals surface area (Å²) in [6, 6.07) is 8.19. The van der Waals surface area contributed by atoms with Crippen molar-refractivity contribution in [2.24, 2.45) is 0 Å². The lowest BCUT2D eigenvalue weighted by Crippen LogP contribution is -2.15. The molecular weight excluding hydrogens is 395 g/mol. The molecule has 1 amide bonds. The summed E-state index contributed by atoms with van der Waals surface area (Å²) < 4.78 is 2.42. The third kappa shape index (κ3) is 3.32. The van der Waals surface area contributed by atoms with Gasteiger partial charge in [0.05, 0.1) is 16.3 Å². The maximum absolute atomic E-state index is 12.0. The van der Waals surface area contributed by atoms with Crippen LogP contribution < -0.4 is 5.32 Å². The van der Waals surface area contributed by atoms with Gasteiger partial charge in [0.15, 0.2) is 0 Å². The van der Waals surface area contributed by atoms with E-state index in [9.17, 15) is 4.79 Å². The molecule has 0 saturated carbocycles. The first kappa shape index (κ1) is 14.7. The number of carbonyl (C=O) groups excluding carboxylic acids is 1. The van der Waals surface area contributed by atoms with E-state index >= 15 is 0 Å². The minimum absolute atomic E-state index is 0.266. The minimum Gasteiger partial charge on any atom is -0.288 e. The van der Waals surface area contributed by atoms with E-state index in [2.05, 4.69) is 37.7 Å². The zero-order valence-electron chi connectivity index (χ0n) is 11.7. The van der Waals surface area contributed by atoms with Crippen LogP contribution in [0.5, 0.6) is 0 Å². The van der Waals surface area contributed by atoms with Crippen molar-refractivity contribution in [2.75, 3.05) is 5.32 Å². The number of hydrogen-bond acceptors (Lipinski definition) is 4. The predicted molar refractivity (Wildman–Crippen MR) is 89.6 cm³/mol. The summed E-state index contributed by atoms with van der Waals surface area (Å²) in [4.78, 5) is 16.1. The normalized spacial score (nSPS) is 10.6. The Bertz CT molecular complexity index is 792. The maximum Gasteiger partial charge on any atom is 0.277 e. The van der Waals surface area contributed by atoms with Crippen molar-refractivity contribution in [1.29, 1.82) is 0 Å². The van der Waals surface area contributed by atoms with Gasteiger partial charge in [-0.1, -0.05) is 29.8 Å². The van der Waals surface area contributed by atoms with Crippen molar-refractivity contribution in [3.63, 3.8) is 0 Å². The number of halogens is 1. The summed E-state index contributed by atoms with van der Waals surface area (Å²) in [6.07, 6.45) is 3.17. The molecule has 2 heterocycles. The van der Waals surface area contributed by atoms with Crippen molar-refractivity contribution < 1.29 is 4.79 Å². The van der Waals surface area contributed by atoms with Gasteiger partial charge in [0.2, 0.25) is 5.95 Å². The first-order valence-corrected chi connectivity index (χ1v) is 7.65. The van der Waals surface area contributed by atoms with Gasteiger partial charge in [-0.15, -0.1) is 5.10 Å². The zero-order chi connectivity index (χ0) is 15.5. The lowest BCUT2D eigenvalue weighted by molar-refractivity contribution is 0.102.